The molecular weight excluding hydrogens is 429 g/mol. The van der Waals surface area contributed by atoms with Crippen LogP contribution in [0.1, 0.15) is 21.5 Å². The van der Waals surface area contributed by atoms with Gasteiger partial charge >= 0.3 is 0 Å². The molecule has 30 heavy (non-hydrogen) atoms. The van der Waals surface area contributed by atoms with Crippen molar-refractivity contribution in [3.05, 3.63) is 104 Å². The summed E-state index contributed by atoms with van der Waals surface area (Å²) in [5, 5.41) is 15.4. The summed E-state index contributed by atoms with van der Waals surface area (Å²) < 4.78 is 5.76. The number of hydrogen-bond donors (Lipinski definition) is 1. The van der Waals surface area contributed by atoms with Gasteiger partial charge in [0.25, 0.3) is 11.6 Å². The summed E-state index contributed by atoms with van der Waals surface area (Å²) in [5.74, 6) is -0.128. The molecule has 0 radical (unpaired) electrons. The fourth-order valence-corrected chi connectivity index (χ4v) is 2.90. The Balaban J connectivity index is 1.69. The van der Waals surface area contributed by atoms with Gasteiger partial charge < -0.3 is 4.74 Å². The zero-order chi connectivity index (χ0) is 21.5. The van der Waals surface area contributed by atoms with Crippen LogP contribution in [-0.2, 0) is 6.61 Å². The predicted octanol–water partition coefficient (Wildman–Crippen LogP) is 5.24. The van der Waals surface area contributed by atoms with E-state index in [-0.39, 0.29) is 22.9 Å². The van der Waals surface area contributed by atoms with Crippen molar-refractivity contribution in [1.82, 2.24) is 5.43 Å². The second-order valence-corrected chi connectivity index (χ2v) is 6.86. The number of ether oxygens (including phenoxy) is 1. The first-order valence-corrected chi connectivity index (χ1v) is 9.44. The molecule has 7 nitrogen and oxygen atoms in total. The zero-order valence-corrected chi connectivity index (χ0v) is 16.9. The van der Waals surface area contributed by atoms with Crippen molar-refractivity contribution in [2.75, 3.05) is 0 Å². The van der Waals surface area contributed by atoms with Crippen LogP contribution >= 0.6 is 23.2 Å². The first-order chi connectivity index (χ1) is 14.5. The maximum absolute atomic E-state index is 12.5. The maximum Gasteiger partial charge on any atom is 0.288 e. The number of carbonyl (C=O) groups is 1. The molecule has 1 N–H and O–H groups in total. The number of rotatable bonds is 7. The molecule has 9 heteroatoms. The number of nitrogens with zero attached hydrogens (tertiary/aromatic N) is 2. The smallest absolute Gasteiger partial charge is 0.288 e. The molecule has 0 unspecified atom stereocenters. The van der Waals surface area contributed by atoms with Crippen molar-refractivity contribution >= 4 is 41.0 Å². The lowest BCUT2D eigenvalue weighted by Gasteiger charge is -2.11. The number of nitro benzene ring substituents is 1. The van der Waals surface area contributed by atoms with Crippen LogP contribution in [-0.4, -0.2) is 17.0 Å². The van der Waals surface area contributed by atoms with Crippen LogP contribution in [0.2, 0.25) is 10.0 Å². The Morgan fingerprint density at radius 3 is 2.57 bits per heavy atom. The molecular formula is C21H15Cl2N3O4. The van der Waals surface area contributed by atoms with Crippen LogP contribution in [0.3, 0.4) is 0 Å². The van der Waals surface area contributed by atoms with Crippen LogP contribution in [0.4, 0.5) is 5.69 Å². The summed E-state index contributed by atoms with van der Waals surface area (Å²) in [7, 11) is 0. The van der Waals surface area contributed by atoms with Crippen molar-refractivity contribution in [2.45, 2.75) is 6.61 Å². The van der Waals surface area contributed by atoms with E-state index in [0.717, 1.165) is 5.56 Å². The molecule has 3 aromatic carbocycles. The lowest BCUT2D eigenvalue weighted by molar-refractivity contribution is -0.384. The molecule has 3 rings (SSSR count). The van der Waals surface area contributed by atoms with Crippen molar-refractivity contribution in [3.8, 4) is 5.75 Å². The Morgan fingerprint density at radius 2 is 1.80 bits per heavy atom. The largest absolute Gasteiger partial charge is 0.488 e. The minimum Gasteiger partial charge on any atom is -0.488 e. The molecule has 0 bridgehead atoms. The van der Waals surface area contributed by atoms with Gasteiger partial charge in [-0.2, -0.15) is 5.10 Å². The first kappa shape index (κ1) is 21.3. The zero-order valence-electron chi connectivity index (χ0n) is 15.4. The van der Waals surface area contributed by atoms with Crippen molar-refractivity contribution in [1.29, 1.82) is 0 Å². The SMILES string of the molecule is O=C(N/N=C/c1ccc(Cl)c([N+](=O)[O-])c1)c1ccccc1OCc1ccccc1Cl. The third-order valence-corrected chi connectivity index (χ3v) is 4.71. The Labute approximate surface area is 182 Å². The highest BCUT2D eigenvalue weighted by molar-refractivity contribution is 6.32. The summed E-state index contributed by atoms with van der Waals surface area (Å²) >= 11 is 11.9. The molecule has 0 aliphatic heterocycles. The number of para-hydroxylation sites is 1. The maximum atomic E-state index is 12.5. The van der Waals surface area contributed by atoms with Gasteiger partial charge in [0.2, 0.25) is 0 Å². The number of amides is 1. The molecule has 1 amide bonds. The topological polar surface area (TPSA) is 93.8 Å². The standard InChI is InChI=1S/C21H15Cl2N3O4/c22-17-7-3-1-5-15(17)13-30-20-8-4-2-6-16(20)21(27)25-24-12-14-9-10-18(23)19(11-14)26(28)29/h1-12H,13H2,(H,25,27)/b24-12+. The minimum absolute atomic E-state index is 0.0192. The van der Waals surface area contributed by atoms with Gasteiger partial charge in [0.05, 0.1) is 16.7 Å². The number of halogens is 2. The molecule has 0 saturated carbocycles. The van der Waals surface area contributed by atoms with Gasteiger partial charge in [-0.15, -0.1) is 0 Å². The van der Waals surface area contributed by atoms with Gasteiger partial charge in [-0.3, -0.25) is 14.9 Å². The summed E-state index contributed by atoms with van der Waals surface area (Å²) in [5.41, 5.74) is 3.62. The highest BCUT2D eigenvalue weighted by atomic mass is 35.5. The van der Waals surface area contributed by atoms with Crippen LogP contribution in [0, 0.1) is 10.1 Å². The van der Waals surface area contributed by atoms with Crippen LogP contribution in [0.25, 0.3) is 0 Å². The van der Waals surface area contributed by atoms with Crippen LogP contribution < -0.4 is 10.2 Å². The van der Waals surface area contributed by atoms with Crippen molar-refractivity contribution in [3.63, 3.8) is 0 Å². The van der Waals surface area contributed by atoms with Crippen LogP contribution in [0.15, 0.2) is 71.8 Å². The van der Waals surface area contributed by atoms with E-state index in [1.165, 1.54) is 18.3 Å². The fraction of sp³-hybridized carbons (Fsp3) is 0.0476. The highest BCUT2D eigenvalue weighted by Gasteiger charge is 2.13. The van der Waals surface area contributed by atoms with Gasteiger partial charge in [0.15, 0.2) is 0 Å². The third kappa shape index (κ3) is 5.34. The molecule has 0 aromatic heterocycles. The highest BCUT2D eigenvalue weighted by Crippen LogP contribution is 2.24. The Kier molecular flexibility index (Phi) is 7.00. The Morgan fingerprint density at radius 1 is 1.07 bits per heavy atom. The van der Waals surface area contributed by atoms with E-state index in [4.69, 9.17) is 27.9 Å². The summed E-state index contributed by atoms with van der Waals surface area (Å²) in [6, 6.07) is 18.2. The lowest BCUT2D eigenvalue weighted by Crippen LogP contribution is -2.18. The number of nitrogens with one attached hydrogen (secondary N) is 1. The Bertz CT molecular complexity index is 1120. The number of nitro groups is 1. The number of carbonyl (C=O) groups excluding carboxylic acids is 1. The van der Waals surface area contributed by atoms with E-state index in [1.54, 1.807) is 36.4 Å². The van der Waals surface area contributed by atoms with E-state index < -0.39 is 10.8 Å². The van der Waals surface area contributed by atoms with Gasteiger partial charge in [-0.1, -0.05) is 59.6 Å². The number of benzene rings is 3. The van der Waals surface area contributed by atoms with E-state index in [9.17, 15) is 14.9 Å². The average molecular weight is 444 g/mol. The molecule has 0 fully saturated rings. The molecule has 0 saturated heterocycles. The number of hydrogen-bond acceptors (Lipinski definition) is 5. The van der Waals surface area contributed by atoms with E-state index in [1.807, 2.05) is 18.2 Å². The average Bonchev–Trinajstić information content (AvgIpc) is 2.74. The van der Waals surface area contributed by atoms with Gasteiger partial charge in [-0.05, 0) is 24.3 Å². The number of hydrazone groups is 1. The first-order valence-electron chi connectivity index (χ1n) is 8.68. The van der Waals surface area contributed by atoms with Gasteiger partial charge in [0.1, 0.15) is 17.4 Å². The molecule has 152 valence electrons. The summed E-state index contributed by atoms with van der Waals surface area (Å²) in [6.07, 6.45) is 1.29. The second-order valence-electron chi connectivity index (χ2n) is 6.04. The van der Waals surface area contributed by atoms with Crippen molar-refractivity contribution in [2.24, 2.45) is 5.10 Å². The molecule has 0 aliphatic carbocycles. The minimum atomic E-state index is -0.592. The van der Waals surface area contributed by atoms with Gasteiger partial charge in [-0.25, -0.2) is 5.43 Å². The lowest BCUT2D eigenvalue weighted by atomic mass is 10.2. The summed E-state index contributed by atoms with van der Waals surface area (Å²) in [4.78, 5) is 22.9. The molecule has 0 heterocycles. The second kappa shape index (κ2) is 9.87. The quantitative estimate of drug-likeness (QED) is 0.306. The van der Waals surface area contributed by atoms with E-state index in [0.29, 0.717) is 16.3 Å². The molecule has 0 atom stereocenters. The van der Waals surface area contributed by atoms with Crippen molar-refractivity contribution < 1.29 is 14.5 Å². The van der Waals surface area contributed by atoms with Gasteiger partial charge in [0, 0.05) is 22.2 Å². The monoisotopic (exact) mass is 443 g/mol. The third-order valence-electron chi connectivity index (χ3n) is 4.02. The normalized spacial score (nSPS) is 10.7. The molecule has 3 aromatic rings. The molecule has 0 aliphatic rings. The van der Waals surface area contributed by atoms with E-state index >= 15 is 0 Å². The Hall–Kier alpha value is -3.42. The van der Waals surface area contributed by atoms with Crippen LogP contribution in [0.5, 0.6) is 5.75 Å². The summed E-state index contributed by atoms with van der Waals surface area (Å²) in [6.45, 7) is 0.196. The van der Waals surface area contributed by atoms with E-state index in [2.05, 4.69) is 10.5 Å². The fourth-order valence-electron chi connectivity index (χ4n) is 2.53. The molecule has 0 spiro atoms. The predicted molar refractivity (Wildman–Crippen MR) is 115 cm³/mol.